The molecule has 12 heteroatoms. The van der Waals surface area contributed by atoms with Gasteiger partial charge in [0.2, 0.25) is 15.9 Å². The van der Waals surface area contributed by atoms with Crippen LogP contribution >= 0.6 is 0 Å². The van der Waals surface area contributed by atoms with Gasteiger partial charge in [0, 0.05) is 80.5 Å². The first-order valence-electron chi connectivity index (χ1n) is 13.5. The summed E-state index contributed by atoms with van der Waals surface area (Å²) in [7, 11) is -4.13. The summed E-state index contributed by atoms with van der Waals surface area (Å²) < 4.78 is 35.1. The molecule has 40 heavy (non-hydrogen) atoms. The number of amides is 1. The summed E-state index contributed by atoms with van der Waals surface area (Å²) >= 11 is 0. The Bertz CT molecular complexity index is 1470. The van der Waals surface area contributed by atoms with Gasteiger partial charge >= 0.3 is 0 Å². The Morgan fingerprint density at radius 2 is 1.85 bits per heavy atom. The molecule has 1 spiro atoms. The number of aliphatic hydroxyl groups is 1. The first-order valence-corrected chi connectivity index (χ1v) is 14.9. The molecule has 1 amide bonds. The van der Waals surface area contributed by atoms with Crippen molar-refractivity contribution in [2.24, 2.45) is 0 Å². The number of fused-ring (bicyclic) bond motifs is 2. The molecule has 0 aliphatic carbocycles. The molecule has 210 valence electrons. The number of aromatic nitrogens is 3. The minimum absolute atomic E-state index is 0.0112. The highest BCUT2D eigenvalue weighted by Gasteiger charge is 2.47. The molecule has 0 bridgehead atoms. The SMILES string of the molecule is O=C1NC2(CCOc3cc(-c4cccnc4)ccc3S(=O)(=O)N3C[C@H](O)C[C@@H]13)CCN(Cc1cncnc1)CC2. The molecule has 6 rings (SSSR count). The maximum atomic E-state index is 13.9. The van der Waals surface area contributed by atoms with Crippen molar-refractivity contribution in [1.82, 2.24) is 29.5 Å². The van der Waals surface area contributed by atoms with Gasteiger partial charge in [-0.05, 0) is 36.6 Å². The molecular formula is C28H32N6O5S. The van der Waals surface area contributed by atoms with Gasteiger partial charge in [-0.15, -0.1) is 0 Å². The zero-order valence-corrected chi connectivity index (χ0v) is 22.8. The number of rotatable bonds is 3. The standard InChI is InChI=1S/C28H32N6O5S/c35-23-13-24-27(36)32-28(5-9-33(10-6-28)17-20-14-30-19-31-15-20)7-11-39-25-12-21(22-2-1-8-29-16-22)3-4-26(25)40(37,38)34(24)18-23/h1-4,8,12,14-16,19,23-24,35H,5-7,9-11,13,17-18H2,(H,32,36)/t23-,24+/m1/s1. The van der Waals surface area contributed by atoms with Gasteiger partial charge < -0.3 is 15.2 Å². The van der Waals surface area contributed by atoms with Gasteiger partial charge in [0.15, 0.2) is 0 Å². The Morgan fingerprint density at radius 3 is 2.60 bits per heavy atom. The molecule has 3 aliphatic heterocycles. The number of pyridine rings is 1. The lowest BCUT2D eigenvalue weighted by Gasteiger charge is -2.43. The molecule has 11 nitrogen and oxygen atoms in total. The molecular weight excluding hydrogens is 532 g/mol. The molecule has 1 aromatic carbocycles. The van der Waals surface area contributed by atoms with Crippen molar-refractivity contribution in [1.29, 1.82) is 0 Å². The number of carbonyl (C=O) groups is 1. The number of hydrogen-bond acceptors (Lipinski definition) is 9. The van der Waals surface area contributed by atoms with Crippen molar-refractivity contribution in [3.05, 3.63) is 67.0 Å². The van der Waals surface area contributed by atoms with Crippen LogP contribution in [-0.2, 0) is 21.4 Å². The smallest absolute Gasteiger partial charge is 0.247 e. The van der Waals surface area contributed by atoms with E-state index in [2.05, 4.69) is 25.2 Å². The second-order valence-corrected chi connectivity index (χ2v) is 12.6. The van der Waals surface area contributed by atoms with E-state index < -0.39 is 27.7 Å². The Morgan fingerprint density at radius 1 is 1.05 bits per heavy atom. The van der Waals surface area contributed by atoms with Crippen molar-refractivity contribution in [3.63, 3.8) is 0 Å². The van der Waals surface area contributed by atoms with Gasteiger partial charge in [0.25, 0.3) is 0 Å². The number of hydrogen-bond donors (Lipinski definition) is 2. The minimum atomic E-state index is -4.13. The highest BCUT2D eigenvalue weighted by atomic mass is 32.2. The fraction of sp³-hybridized carbons (Fsp3) is 0.429. The predicted molar refractivity (Wildman–Crippen MR) is 146 cm³/mol. The molecule has 0 unspecified atom stereocenters. The van der Waals surface area contributed by atoms with Gasteiger partial charge in [0.05, 0.1) is 12.7 Å². The zero-order valence-electron chi connectivity index (χ0n) is 22.0. The first kappa shape index (κ1) is 26.8. The molecule has 2 fully saturated rings. The number of piperidine rings is 1. The van der Waals surface area contributed by atoms with Crippen LogP contribution in [-0.4, -0.2) is 87.5 Å². The summed E-state index contributed by atoms with van der Waals surface area (Å²) in [5, 5.41) is 13.7. The number of aliphatic hydroxyl groups excluding tert-OH is 1. The van der Waals surface area contributed by atoms with Crippen LogP contribution in [0.2, 0.25) is 0 Å². The van der Waals surface area contributed by atoms with E-state index in [0.717, 1.165) is 34.1 Å². The lowest BCUT2D eigenvalue weighted by molar-refractivity contribution is -0.127. The van der Waals surface area contributed by atoms with Crippen LogP contribution in [0.3, 0.4) is 0 Å². The molecule has 2 aromatic heterocycles. The number of benzene rings is 1. The van der Waals surface area contributed by atoms with Crippen LogP contribution in [0.5, 0.6) is 5.75 Å². The topological polar surface area (TPSA) is 138 Å². The number of ether oxygens (including phenoxy) is 1. The van der Waals surface area contributed by atoms with E-state index in [1.807, 2.05) is 12.1 Å². The van der Waals surface area contributed by atoms with Gasteiger partial charge in [-0.2, -0.15) is 4.31 Å². The molecule has 5 heterocycles. The van der Waals surface area contributed by atoms with Crippen molar-refractivity contribution in [3.8, 4) is 16.9 Å². The molecule has 3 aromatic rings. The van der Waals surface area contributed by atoms with Crippen LogP contribution in [0, 0.1) is 0 Å². The fourth-order valence-electron chi connectivity index (χ4n) is 5.91. The van der Waals surface area contributed by atoms with Crippen molar-refractivity contribution >= 4 is 15.9 Å². The lowest BCUT2D eigenvalue weighted by atomic mass is 9.84. The van der Waals surface area contributed by atoms with Gasteiger partial charge in [-0.25, -0.2) is 18.4 Å². The second-order valence-electron chi connectivity index (χ2n) is 10.8. The molecule has 2 saturated heterocycles. The fourth-order valence-corrected chi connectivity index (χ4v) is 7.66. The third-order valence-corrected chi connectivity index (χ3v) is 10.0. The first-order chi connectivity index (χ1) is 19.3. The van der Waals surface area contributed by atoms with Gasteiger partial charge in [0.1, 0.15) is 23.0 Å². The summed E-state index contributed by atoms with van der Waals surface area (Å²) in [5.74, 6) is -0.145. The van der Waals surface area contributed by atoms with E-state index in [0.29, 0.717) is 25.8 Å². The molecule has 0 saturated carbocycles. The molecule has 0 radical (unpaired) electrons. The number of likely N-dealkylation sites (tertiary alicyclic amines) is 1. The lowest BCUT2D eigenvalue weighted by Crippen LogP contribution is -2.59. The number of carbonyl (C=O) groups excluding carboxylic acids is 1. The highest BCUT2D eigenvalue weighted by Crippen LogP contribution is 2.37. The van der Waals surface area contributed by atoms with E-state index in [4.69, 9.17) is 4.74 Å². The van der Waals surface area contributed by atoms with E-state index in [1.54, 1.807) is 36.9 Å². The third kappa shape index (κ3) is 5.31. The Balaban J connectivity index is 1.31. The monoisotopic (exact) mass is 564 g/mol. The highest BCUT2D eigenvalue weighted by molar-refractivity contribution is 7.89. The molecule has 2 N–H and O–H groups in total. The molecule has 2 atom stereocenters. The number of nitrogens with one attached hydrogen (secondary N) is 1. The van der Waals surface area contributed by atoms with Crippen LogP contribution in [0.1, 0.15) is 31.2 Å². The van der Waals surface area contributed by atoms with Crippen molar-refractivity contribution in [2.75, 3.05) is 26.2 Å². The Labute approximate surface area is 233 Å². The number of sulfonamides is 1. The quantitative estimate of drug-likeness (QED) is 0.486. The summed E-state index contributed by atoms with van der Waals surface area (Å²) in [6.07, 6.45) is 9.50. The normalized spacial score (nSPS) is 24.8. The van der Waals surface area contributed by atoms with E-state index >= 15 is 0 Å². The average molecular weight is 565 g/mol. The maximum absolute atomic E-state index is 13.9. The Kier molecular flexibility index (Phi) is 7.26. The number of nitrogens with zero attached hydrogens (tertiary/aromatic N) is 5. The predicted octanol–water partition coefficient (Wildman–Crippen LogP) is 1.60. The van der Waals surface area contributed by atoms with E-state index in [-0.39, 0.29) is 36.1 Å². The van der Waals surface area contributed by atoms with Crippen molar-refractivity contribution < 1.29 is 23.1 Å². The third-order valence-electron chi connectivity index (χ3n) is 8.12. The van der Waals surface area contributed by atoms with Crippen molar-refractivity contribution in [2.45, 2.75) is 54.8 Å². The summed E-state index contributed by atoms with van der Waals surface area (Å²) in [4.78, 5) is 28.3. The van der Waals surface area contributed by atoms with E-state index in [9.17, 15) is 18.3 Å². The molecule has 3 aliphatic rings. The second kappa shape index (κ2) is 10.8. The summed E-state index contributed by atoms with van der Waals surface area (Å²) in [5.41, 5.74) is 2.07. The Hall–Kier alpha value is -3.45. The van der Waals surface area contributed by atoms with Gasteiger partial charge in [-0.1, -0.05) is 12.1 Å². The largest absolute Gasteiger partial charge is 0.492 e. The van der Waals surface area contributed by atoms with Gasteiger partial charge in [-0.3, -0.25) is 14.7 Å². The zero-order chi connectivity index (χ0) is 27.7. The maximum Gasteiger partial charge on any atom is 0.247 e. The van der Waals surface area contributed by atoms with E-state index in [1.165, 1.54) is 12.4 Å². The minimum Gasteiger partial charge on any atom is -0.492 e. The average Bonchev–Trinajstić information content (AvgIpc) is 3.37. The van der Waals surface area contributed by atoms with Crippen LogP contribution in [0.15, 0.2) is 66.3 Å². The summed E-state index contributed by atoms with van der Waals surface area (Å²) in [6.45, 7) is 2.29. The van der Waals surface area contributed by atoms with Crippen LogP contribution in [0.4, 0.5) is 0 Å². The van der Waals surface area contributed by atoms with Crippen LogP contribution < -0.4 is 10.1 Å². The van der Waals surface area contributed by atoms with Crippen LogP contribution in [0.25, 0.3) is 11.1 Å². The summed E-state index contributed by atoms with van der Waals surface area (Å²) in [6, 6.07) is 7.67.